The second kappa shape index (κ2) is 6.77. The third-order valence-electron chi connectivity index (χ3n) is 4.84. The topological polar surface area (TPSA) is 69.1 Å². The van der Waals surface area contributed by atoms with Gasteiger partial charge in [0, 0.05) is 28.9 Å². The number of fused-ring (bicyclic) bond motifs is 2. The number of hydrogen-bond acceptors (Lipinski definition) is 4. The summed E-state index contributed by atoms with van der Waals surface area (Å²) < 4.78 is 2.05. The molecule has 5 aromatic rings. The molecule has 0 atom stereocenters. The molecule has 0 spiro atoms. The van der Waals surface area contributed by atoms with E-state index in [1.165, 1.54) is 0 Å². The predicted octanol–water partition coefficient (Wildman–Crippen LogP) is 4.23. The van der Waals surface area contributed by atoms with E-state index < -0.39 is 0 Å². The van der Waals surface area contributed by atoms with Gasteiger partial charge in [-0.15, -0.1) is 0 Å². The van der Waals surface area contributed by atoms with Crippen LogP contribution in [0.4, 0.5) is 5.82 Å². The molecule has 138 valence electrons. The van der Waals surface area contributed by atoms with Gasteiger partial charge in [0.1, 0.15) is 17.2 Å². The Morgan fingerprint density at radius 1 is 0.897 bits per heavy atom. The monoisotopic (exact) mass is 375 g/mol. The molecule has 0 aliphatic rings. The molecule has 0 bridgehead atoms. The first-order valence-corrected chi connectivity index (χ1v) is 9.27. The fourth-order valence-corrected chi connectivity index (χ4v) is 3.54. The minimum absolute atomic E-state index is 0.434. The Hall–Kier alpha value is -4.17. The number of aromatic nitrogens is 4. The van der Waals surface area contributed by atoms with Crippen LogP contribution in [0.25, 0.3) is 27.8 Å². The van der Waals surface area contributed by atoms with Crippen molar-refractivity contribution in [1.82, 2.24) is 19.4 Å². The maximum atomic E-state index is 5.98. The quantitative estimate of drug-likeness (QED) is 0.445. The molecule has 5 heteroatoms. The number of hydrogen-bond donors (Lipinski definition) is 1. The van der Waals surface area contributed by atoms with Gasteiger partial charge in [-0.05, 0) is 55.3 Å². The summed E-state index contributed by atoms with van der Waals surface area (Å²) in [6.45, 7) is 1.99. The van der Waals surface area contributed by atoms with Crippen LogP contribution in [0, 0.1) is 18.8 Å². The Labute approximate surface area is 167 Å². The Morgan fingerprint density at radius 2 is 1.83 bits per heavy atom. The van der Waals surface area contributed by atoms with Crippen LogP contribution >= 0.6 is 0 Å². The molecular formula is C24H17N5. The van der Waals surface area contributed by atoms with Gasteiger partial charge in [-0.25, -0.2) is 9.97 Å². The highest BCUT2D eigenvalue weighted by molar-refractivity contribution is 5.85. The average molecular weight is 375 g/mol. The Balaban J connectivity index is 1.71. The third-order valence-corrected chi connectivity index (χ3v) is 4.84. The molecule has 0 radical (unpaired) electrons. The number of rotatable bonds is 1. The van der Waals surface area contributed by atoms with Gasteiger partial charge in [0.25, 0.3) is 0 Å². The van der Waals surface area contributed by atoms with Crippen LogP contribution in [-0.4, -0.2) is 19.4 Å². The molecule has 1 aromatic carbocycles. The molecule has 5 rings (SSSR count). The van der Waals surface area contributed by atoms with Gasteiger partial charge >= 0.3 is 0 Å². The summed E-state index contributed by atoms with van der Waals surface area (Å²) in [5.74, 6) is 6.93. The van der Waals surface area contributed by atoms with E-state index in [0.717, 1.165) is 39.1 Å². The van der Waals surface area contributed by atoms with Gasteiger partial charge in [0.2, 0.25) is 0 Å². The average Bonchev–Trinajstić information content (AvgIpc) is 3.08. The number of pyridine rings is 3. The second-order valence-electron chi connectivity index (χ2n) is 6.73. The zero-order valence-corrected chi connectivity index (χ0v) is 15.8. The van der Waals surface area contributed by atoms with E-state index >= 15 is 0 Å². The molecule has 0 saturated heterocycles. The van der Waals surface area contributed by atoms with E-state index in [1.54, 1.807) is 12.3 Å². The van der Waals surface area contributed by atoms with Crippen LogP contribution in [0.3, 0.4) is 0 Å². The van der Waals surface area contributed by atoms with E-state index in [-0.39, 0.29) is 0 Å². The van der Waals surface area contributed by atoms with Crippen LogP contribution in [0.2, 0.25) is 0 Å². The van der Waals surface area contributed by atoms with Crippen LogP contribution in [-0.2, 0) is 0 Å². The largest absolute Gasteiger partial charge is 0.384 e. The van der Waals surface area contributed by atoms with Crippen molar-refractivity contribution in [3.8, 4) is 23.1 Å². The third kappa shape index (κ3) is 2.97. The van der Waals surface area contributed by atoms with Crippen molar-refractivity contribution in [2.45, 2.75) is 6.92 Å². The molecule has 0 fully saturated rings. The van der Waals surface area contributed by atoms with E-state index in [2.05, 4.69) is 31.2 Å². The number of aryl methyl sites for hydroxylation is 1. The SMILES string of the molecule is Cc1nc2ccccn2c1-c1ccc(N)nc1C#Cc1cccc2ncccc12. The highest BCUT2D eigenvalue weighted by Crippen LogP contribution is 2.27. The van der Waals surface area contributed by atoms with Gasteiger partial charge in [-0.3, -0.25) is 9.38 Å². The molecule has 5 nitrogen and oxygen atoms in total. The van der Waals surface area contributed by atoms with Crippen LogP contribution in [0.15, 0.2) is 73.1 Å². The van der Waals surface area contributed by atoms with Crippen molar-refractivity contribution in [3.63, 3.8) is 0 Å². The summed E-state index contributed by atoms with van der Waals surface area (Å²) in [4.78, 5) is 13.6. The molecule has 4 aromatic heterocycles. The van der Waals surface area contributed by atoms with Crippen LogP contribution in [0.1, 0.15) is 17.0 Å². The zero-order valence-electron chi connectivity index (χ0n) is 15.8. The number of nitrogens with zero attached hydrogens (tertiary/aromatic N) is 4. The number of benzene rings is 1. The van der Waals surface area contributed by atoms with Gasteiger partial charge in [-0.2, -0.15) is 0 Å². The normalized spacial score (nSPS) is 10.8. The summed E-state index contributed by atoms with van der Waals surface area (Å²) in [6.07, 6.45) is 3.78. The number of nitrogens with two attached hydrogens (primary N) is 1. The van der Waals surface area contributed by atoms with Crippen molar-refractivity contribution in [2.75, 3.05) is 5.73 Å². The highest BCUT2D eigenvalue weighted by Gasteiger charge is 2.14. The Morgan fingerprint density at radius 3 is 2.76 bits per heavy atom. The lowest BCUT2D eigenvalue weighted by Crippen LogP contribution is -1.98. The Bertz CT molecular complexity index is 1430. The maximum absolute atomic E-state index is 5.98. The van der Waals surface area contributed by atoms with Crippen molar-refractivity contribution in [2.24, 2.45) is 0 Å². The number of imidazole rings is 1. The van der Waals surface area contributed by atoms with Gasteiger partial charge in [0.15, 0.2) is 0 Å². The molecule has 2 N–H and O–H groups in total. The standard InChI is InChI=1S/C24H17N5/c1-16-24(29-15-3-2-9-23(29)27-16)19-11-13-22(25)28-21(19)12-10-17-6-4-8-20-18(17)7-5-14-26-20/h2-9,11,13-15H,1H3,(H2,25,28). The smallest absolute Gasteiger partial charge is 0.137 e. The summed E-state index contributed by atoms with van der Waals surface area (Å²) in [5, 5.41) is 1.01. The predicted molar refractivity (Wildman–Crippen MR) is 115 cm³/mol. The molecular weight excluding hydrogens is 358 g/mol. The van der Waals surface area contributed by atoms with Crippen molar-refractivity contribution < 1.29 is 0 Å². The number of anilines is 1. The highest BCUT2D eigenvalue weighted by atomic mass is 15.0. The van der Waals surface area contributed by atoms with Gasteiger partial charge in [0.05, 0.1) is 16.9 Å². The number of nitrogen functional groups attached to an aromatic ring is 1. The fourth-order valence-electron chi connectivity index (χ4n) is 3.54. The maximum Gasteiger partial charge on any atom is 0.137 e. The minimum atomic E-state index is 0.434. The van der Waals surface area contributed by atoms with Crippen LogP contribution in [0.5, 0.6) is 0 Å². The first-order chi connectivity index (χ1) is 14.2. The first-order valence-electron chi connectivity index (χ1n) is 9.27. The Kier molecular flexibility index (Phi) is 3.96. The van der Waals surface area contributed by atoms with Gasteiger partial charge < -0.3 is 5.73 Å². The molecule has 0 unspecified atom stereocenters. The molecule has 4 heterocycles. The zero-order chi connectivity index (χ0) is 19.8. The van der Waals surface area contributed by atoms with Crippen molar-refractivity contribution in [3.05, 3.63) is 90.0 Å². The molecule has 0 aliphatic heterocycles. The minimum Gasteiger partial charge on any atom is -0.384 e. The molecule has 0 aliphatic carbocycles. The van der Waals surface area contributed by atoms with E-state index in [1.807, 2.05) is 67.7 Å². The molecule has 29 heavy (non-hydrogen) atoms. The summed E-state index contributed by atoms with van der Waals surface area (Å²) in [5.41, 5.74) is 12.1. The molecule has 0 amide bonds. The van der Waals surface area contributed by atoms with E-state index in [4.69, 9.17) is 5.73 Å². The summed E-state index contributed by atoms with van der Waals surface area (Å²) >= 11 is 0. The van der Waals surface area contributed by atoms with Gasteiger partial charge in [-0.1, -0.05) is 24.1 Å². The second-order valence-corrected chi connectivity index (χ2v) is 6.73. The molecule has 0 saturated carbocycles. The lowest BCUT2D eigenvalue weighted by atomic mass is 10.1. The van der Waals surface area contributed by atoms with E-state index in [0.29, 0.717) is 11.5 Å². The van der Waals surface area contributed by atoms with E-state index in [9.17, 15) is 0 Å². The lowest BCUT2D eigenvalue weighted by Gasteiger charge is -2.07. The lowest BCUT2D eigenvalue weighted by molar-refractivity contribution is 1.17. The van der Waals surface area contributed by atoms with Crippen LogP contribution < -0.4 is 5.73 Å². The first kappa shape index (κ1) is 17.0. The fraction of sp³-hybridized carbons (Fsp3) is 0.0417. The summed E-state index contributed by atoms with van der Waals surface area (Å²) in [7, 11) is 0. The summed E-state index contributed by atoms with van der Waals surface area (Å²) in [6, 6.07) is 19.6. The van der Waals surface area contributed by atoms with Crippen molar-refractivity contribution >= 4 is 22.4 Å². The van der Waals surface area contributed by atoms with Crippen molar-refractivity contribution in [1.29, 1.82) is 0 Å².